The quantitative estimate of drug-likeness (QED) is 0.799. The van der Waals surface area contributed by atoms with Crippen molar-refractivity contribution < 1.29 is 4.79 Å². The first-order valence-electron chi connectivity index (χ1n) is 8.00. The largest absolute Gasteiger partial charge is 0.352 e. The molecule has 3 N–H and O–H groups in total. The number of amides is 1. The molecule has 4 nitrogen and oxygen atoms in total. The number of piperidine rings is 3. The van der Waals surface area contributed by atoms with Gasteiger partial charge in [-0.1, -0.05) is 12.8 Å². The Hall–Kier alpha value is -0.610. The molecule has 0 radical (unpaired) electrons. The van der Waals surface area contributed by atoms with E-state index in [1.54, 1.807) is 0 Å². The fourth-order valence-electron chi connectivity index (χ4n) is 4.25. The van der Waals surface area contributed by atoms with Crippen molar-refractivity contribution in [1.82, 2.24) is 10.2 Å². The maximum Gasteiger partial charge on any atom is 0.223 e. The lowest BCUT2D eigenvalue weighted by molar-refractivity contribution is -0.129. The van der Waals surface area contributed by atoms with Crippen molar-refractivity contribution in [2.45, 2.75) is 44.6 Å². The van der Waals surface area contributed by atoms with Gasteiger partial charge in [-0.25, -0.2) is 0 Å². The summed E-state index contributed by atoms with van der Waals surface area (Å²) in [4.78, 5) is 15.0. The van der Waals surface area contributed by atoms with E-state index in [0.717, 1.165) is 19.4 Å². The SMILES string of the molecule is NCC1CCCCC1C(=O)NC1CN2CCC1CC2. The van der Waals surface area contributed by atoms with Crippen LogP contribution in [-0.2, 0) is 4.79 Å². The zero-order valence-corrected chi connectivity index (χ0v) is 11.8. The summed E-state index contributed by atoms with van der Waals surface area (Å²) in [5, 5.41) is 3.35. The second-order valence-corrected chi connectivity index (χ2v) is 6.64. The second kappa shape index (κ2) is 5.80. The van der Waals surface area contributed by atoms with Crippen LogP contribution in [0, 0.1) is 17.8 Å². The third-order valence-electron chi connectivity index (χ3n) is 5.53. The molecule has 1 amide bonds. The van der Waals surface area contributed by atoms with E-state index in [1.165, 1.54) is 38.8 Å². The van der Waals surface area contributed by atoms with Crippen molar-refractivity contribution in [2.24, 2.45) is 23.5 Å². The van der Waals surface area contributed by atoms with Gasteiger partial charge in [0.1, 0.15) is 0 Å². The summed E-state index contributed by atoms with van der Waals surface area (Å²) in [6, 6.07) is 0.398. The fraction of sp³-hybridized carbons (Fsp3) is 0.933. The number of nitrogens with two attached hydrogens (primary N) is 1. The molecule has 3 atom stereocenters. The summed E-state index contributed by atoms with van der Waals surface area (Å²) >= 11 is 0. The highest BCUT2D eigenvalue weighted by Crippen LogP contribution is 2.31. The Morgan fingerprint density at radius 2 is 1.89 bits per heavy atom. The van der Waals surface area contributed by atoms with Gasteiger partial charge in [-0.15, -0.1) is 0 Å². The summed E-state index contributed by atoms with van der Waals surface area (Å²) in [6.07, 6.45) is 7.12. The highest BCUT2D eigenvalue weighted by atomic mass is 16.2. The predicted molar refractivity (Wildman–Crippen MR) is 75.6 cm³/mol. The molecule has 0 aromatic heterocycles. The minimum Gasteiger partial charge on any atom is -0.352 e. The van der Waals surface area contributed by atoms with E-state index in [2.05, 4.69) is 10.2 Å². The van der Waals surface area contributed by atoms with E-state index in [0.29, 0.717) is 24.4 Å². The highest BCUT2D eigenvalue weighted by Gasteiger charge is 2.37. The van der Waals surface area contributed by atoms with Crippen molar-refractivity contribution in [1.29, 1.82) is 0 Å². The molecule has 1 aliphatic carbocycles. The van der Waals surface area contributed by atoms with E-state index < -0.39 is 0 Å². The number of rotatable bonds is 3. The van der Waals surface area contributed by atoms with Crippen LogP contribution in [0.2, 0.25) is 0 Å². The summed E-state index contributed by atoms with van der Waals surface area (Å²) < 4.78 is 0. The molecule has 0 spiro atoms. The van der Waals surface area contributed by atoms with Crippen LogP contribution in [0.3, 0.4) is 0 Å². The van der Waals surface area contributed by atoms with Crippen LogP contribution in [0.25, 0.3) is 0 Å². The highest BCUT2D eigenvalue weighted by molar-refractivity contribution is 5.79. The van der Waals surface area contributed by atoms with Gasteiger partial charge in [0.15, 0.2) is 0 Å². The lowest BCUT2D eigenvalue weighted by Gasteiger charge is -2.45. The van der Waals surface area contributed by atoms with Gasteiger partial charge < -0.3 is 16.0 Å². The van der Waals surface area contributed by atoms with Crippen LogP contribution in [0.15, 0.2) is 0 Å². The van der Waals surface area contributed by atoms with Gasteiger partial charge in [-0.3, -0.25) is 4.79 Å². The molecule has 4 heteroatoms. The van der Waals surface area contributed by atoms with Crippen LogP contribution >= 0.6 is 0 Å². The van der Waals surface area contributed by atoms with Gasteiger partial charge in [-0.05, 0) is 57.2 Å². The first-order valence-corrected chi connectivity index (χ1v) is 8.00. The van der Waals surface area contributed by atoms with Gasteiger partial charge in [0.05, 0.1) is 0 Å². The first kappa shape index (κ1) is 13.4. The van der Waals surface area contributed by atoms with E-state index >= 15 is 0 Å². The summed E-state index contributed by atoms with van der Waals surface area (Å²) in [6.45, 7) is 4.19. The summed E-state index contributed by atoms with van der Waals surface area (Å²) in [5.74, 6) is 1.59. The molecular formula is C15H27N3O. The molecule has 3 aliphatic heterocycles. The topological polar surface area (TPSA) is 58.4 Å². The van der Waals surface area contributed by atoms with Gasteiger partial charge >= 0.3 is 0 Å². The molecule has 2 bridgehead atoms. The minimum absolute atomic E-state index is 0.175. The van der Waals surface area contributed by atoms with E-state index in [9.17, 15) is 4.79 Å². The Kier molecular flexibility index (Phi) is 4.08. The lowest BCUT2D eigenvalue weighted by atomic mass is 9.78. The molecular weight excluding hydrogens is 238 g/mol. The molecule has 4 aliphatic rings. The maximum atomic E-state index is 12.5. The van der Waals surface area contributed by atoms with Gasteiger partial charge in [0.2, 0.25) is 5.91 Å². The van der Waals surface area contributed by atoms with Crippen LogP contribution in [0.4, 0.5) is 0 Å². The maximum absolute atomic E-state index is 12.5. The Labute approximate surface area is 116 Å². The molecule has 3 unspecified atom stereocenters. The van der Waals surface area contributed by atoms with Crippen LogP contribution in [0.5, 0.6) is 0 Å². The average Bonchev–Trinajstić information content (AvgIpc) is 2.48. The lowest BCUT2D eigenvalue weighted by Crippen LogP contribution is -2.58. The molecule has 3 heterocycles. The number of hydrogen-bond acceptors (Lipinski definition) is 3. The molecule has 4 rings (SSSR count). The van der Waals surface area contributed by atoms with Crippen LogP contribution in [0.1, 0.15) is 38.5 Å². The minimum atomic E-state index is 0.175. The number of carbonyl (C=O) groups is 1. The van der Waals surface area contributed by atoms with Crippen molar-refractivity contribution >= 4 is 5.91 Å². The van der Waals surface area contributed by atoms with Crippen molar-refractivity contribution in [3.8, 4) is 0 Å². The van der Waals surface area contributed by atoms with E-state index in [4.69, 9.17) is 5.73 Å². The predicted octanol–water partition coefficient (Wildman–Crippen LogP) is 0.962. The first-order chi connectivity index (χ1) is 9.28. The van der Waals surface area contributed by atoms with Crippen molar-refractivity contribution in [3.05, 3.63) is 0 Å². The average molecular weight is 265 g/mol. The van der Waals surface area contributed by atoms with E-state index in [1.807, 2.05) is 0 Å². The zero-order valence-electron chi connectivity index (χ0n) is 11.8. The molecule has 0 aromatic carbocycles. The summed E-state index contributed by atoms with van der Waals surface area (Å²) in [7, 11) is 0. The number of nitrogens with one attached hydrogen (secondary N) is 1. The van der Waals surface area contributed by atoms with Crippen LogP contribution in [-0.4, -0.2) is 43.0 Å². The zero-order chi connectivity index (χ0) is 13.2. The molecule has 108 valence electrons. The fourth-order valence-corrected chi connectivity index (χ4v) is 4.25. The van der Waals surface area contributed by atoms with E-state index in [-0.39, 0.29) is 11.8 Å². The van der Waals surface area contributed by atoms with Crippen LogP contribution < -0.4 is 11.1 Å². The normalized spacial score (nSPS) is 42.1. The molecule has 19 heavy (non-hydrogen) atoms. The number of hydrogen-bond donors (Lipinski definition) is 2. The molecule has 3 saturated heterocycles. The van der Waals surface area contributed by atoms with Crippen molar-refractivity contribution in [2.75, 3.05) is 26.2 Å². The molecule has 4 fully saturated rings. The van der Waals surface area contributed by atoms with Gasteiger partial charge in [-0.2, -0.15) is 0 Å². The number of nitrogens with zero attached hydrogens (tertiary/aromatic N) is 1. The summed E-state index contributed by atoms with van der Waals surface area (Å²) in [5.41, 5.74) is 5.84. The Balaban J connectivity index is 1.58. The number of carbonyl (C=O) groups excluding carboxylic acids is 1. The smallest absolute Gasteiger partial charge is 0.223 e. The van der Waals surface area contributed by atoms with Gasteiger partial charge in [0, 0.05) is 18.5 Å². The molecule has 0 aromatic rings. The third kappa shape index (κ3) is 2.79. The Morgan fingerprint density at radius 1 is 1.16 bits per heavy atom. The van der Waals surface area contributed by atoms with Gasteiger partial charge in [0.25, 0.3) is 0 Å². The monoisotopic (exact) mass is 265 g/mol. The third-order valence-corrected chi connectivity index (χ3v) is 5.53. The number of fused-ring (bicyclic) bond motifs is 3. The standard InChI is InChI=1S/C15H27N3O/c16-9-12-3-1-2-4-13(12)15(19)17-14-10-18-7-5-11(14)6-8-18/h11-14H,1-10,16H2,(H,17,19). The Morgan fingerprint density at radius 3 is 2.53 bits per heavy atom. The second-order valence-electron chi connectivity index (χ2n) is 6.64. The van der Waals surface area contributed by atoms with Crippen molar-refractivity contribution in [3.63, 3.8) is 0 Å². The Bertz CT molecular complexity index is 325. The molecule has 1 saturated carbocycles.